The smallest absolute Gasteiger partial charge is 0.306 e. The first kappa shape index (κ1) is 100. The van der Waals surface area contributed by atoms with Crippen molar-refractivity contribution in [1.29, 1.82) is 0 Å². The summed E-state index contributed by atoms with van der Waals surface area (Å²) >= 11 is 0. The van der Waals surface area contributed by atoms with Gasteiger partial charge in [-0.2, -0.15) is 0 Å². The molecule has 0 bridgehead atoms. The third-order valence-corrected chi connectivity index (χ3v) is 21.0. The third kappa shape index (κ3) is 86.4. The van der Waals surface area contributed by atoms with E-state index in [-0.39, 0.29) is 32.2 Å². The molecule has 0 aliphatic carbocycles. The zero-order valence-electron chi connectivity index (χ0n) is 69.7. The van der Waals surface area contributed by atoms with Gasteiger partial charge in [0, 0.05) is 12.8 Å². The van der Waals surface area contributed by atoms with Crippen LogP contribution in [0.25, 0.3) is 0 Å². The first-order chi connectivity index (χ1) is 50.6. The van der Waals surface area contributed by atoms with E-state index < -0.39 is 24.3 Å². The predicted octanol–water partition coefficient (Wildman–Crippen LogP) is 28.6. The number of aliphatic carboxylic acids is 1. The highest BCUT2D eigenvalue weighted by Gasteiger charge is 2.22. The first-order valence-corrected chi connectivity index (χ1v) is 45.8. The maximum atomic E-state index is 13.0. The van der Waals surface area contributed by atoms with Crippen molar-refractivity contribution in [2.24, 2.45) is 0 Å². The molecule has 0 spiro atoms. The van der Waals surface area contributed by atoms with Gasteiger partial charge < -0.3 is 33.3 Å². The molecule has 0 aromatic rings. The lowest BCUT2D eigenvalue weighted by Gasteiger charge is -2.26. The van der Waals surface area contributed by atoms with Crippen LogP contribution in [0.2, 0.25) is 0 Å². The van der Waals surface area contributed by atoms with Gasteiger partial charge in [-0.3, -0.25) is 9.59 Å². The first-order valence-electron chi connectivity index (χ1n) is 45.8. The molecule has 0 rings (SSSR count). The molecule has 0 aliphatic rings. The van der Waals surface area contributed by atoms with Crippen molar-refractivity contribution in [1.82, 2.24) is 0 Å². The number of carbonyl (C=O) groups excluding carboxylic acids is 3. The molecule has 0 aromatic carbocycles. The maximum Gasteiger partial charge on any atom is 0.306 e. The van der Waals surface area contributed by atoms with E-state index in [9.17, 15) is 19.5 Å². The summed E-state index contributed by atoms with van der Waals surface area (Å²) in [5, 5.41) is 11.9. The molecule has 0 saturated carbocycles. The quantitative estimate of drug-likeness (QED) is 0.0195. The lowest BCUT2D eigenvalue weighted by Crippen LogP contribution is -2.44. The molecule has 0 aliphatic heterocycles. The number of carbonyl (C=O) groups is 3. The van der Waals surface area contributed by atoms with Crippen LogP contribution in [0.4, 0.5) is 0 Å². The van der Waals surface area contributed by atoms with Crippen molar-refractivity contribution in [3.05, 3.63) is 48.6 Å². The minimum Gasteiger partial charge on any atom is -0.545 e. The number of quaternary nitrogens is 1. The second kappa shape index (κ2) is 84.9. The van der Waals surface area contributed by atoms with Gasteiger partial charge in [0.1, 0.15) is 13.2 Å². The largest absolute Gasteiger partial charge is 0.545 e. The fourth-order valence-electron chi connectivity index (χ4n) is 14.1. The molecular formula is C94H177NO8. The zero-order valence-corrected chi connectivity index (χ0v) is 69.7. The Balaban J connectivity index is 3.88. The van der Waals surface area contributed by atoms with Crippen molar-refractivity contribution in [3.8, 4) is 0 Å². The Bertz CT molecular complexity index is 1840. The fourth-order valence-corrected chi connectivity index (χ4v) is 14.1. The summed E-state index contributed by atoms with van der Waals surface area (Å²) in [5.41, 5.74) is 0. The summed E-state index contributed by atoms with van der Waals surface area (Å²) in [7, 11) is 5.96. The molecule has 0 heterocycles. The van der Waals surface area contributed by atoms with Gasteiger partial charge in [-0.1, -0.05) is 435 Å². The number of hydrogen-bond acceptors (Lipinski definition) is 8. The Morgan fingerprint density at radius 3 is 0.767 bits per heavy atom. The predicted molar refractivity (Wildman–Crippen MR) is 445 cm³/mol. The second-order valence-corrected chi connectivity index (χ2v) is 32.6. The van der Waals surface area contributed by atoms with Crippen molar-refractivity contribution in [3.63, 3.8) is 0 Å². The van der Waals surface area contributed by atoms with E-state index in [4.69, 9.17) is 18.9 Å². The molecule has 0 saturated heterocycles. The van der Waals surface area contributed by atoms with Gasteiger partial charge in [0.05, 0.1) is 40.3 Å². The van der Waals surface area contributed by atoms with Gasteiger partial charge >= 0.3 is 11.9 Å². The Kier molecular flexibility index (Phi) is 82.6. The molecule has 2 atom stereocenters. The average Bonchev–Trinajstić information content (AvgIpc) is 1.06. The van der Waals surface area contributed by atoms with Crippen LogP contribution >= 0.6 is 0 Å². The van der Waals surface area contributed by atoms with Crippen LogP contribution in [0, 0.1) is 0 Å². The van der Waals surface area contributed by atoms with E-state index in [1.165, 1.54) is 398 Å². The topological polar surface area (TPSA) is 111 Å². The summed E-state index contributed by atoms with van der Waals surface area (Å²) < 4.78 is 22.9. The van der Waals surface area contributed by atoms with Gasteiger partial charge in [-0.15, -0.1) is 0 Å². The lowest BCUT2D eigenvalue weighted by atomic mass is 10.0. The summed E-state index contributed by atoms with van der Waals surface area (Å²) in [5.74, 6) is -2.24. The summed E-state index contributed by atoms with van der Waals surface area (Å²) in [6, 6.07) is 0. The molecule has 0 N–H and O–H groups in total. The van der Waals surface area contributed by atoms with Gasteiger partial charge in [0.25, 0.3) is 0 Å². The lowest BCUT2D eigenvalue weighted by molar-refractivity contribution is -0.870. The van der Waals surface area contributed by atoms with E-state index in [0.717, 1.165) is 51.4 Å². The van der Waals surface area contributed by atoms with E-state index in [1.54, 1.807) is 0 Å². The fraction of sp³-hybridized carbons (Fsp3) is 0.883. The molecule has 9 heteroatoms. The number of rotatable bonds is 87. The number of carboxylic acid groups (broad SMARTS) is 1. The molecule has 0 fully saturated rings. The Morgan fingerprint density at radius 1 is 0.291 bits per heavy atom. The highest BCUT2D eigenvalue weighted by Crippen LogP contribution is 2.21. The van der Waals surface area contributed by atoms with Gasteiger partial charge in [0.15, 0.2) is 12.4 Å². The molecule has 2 unspecified atom stereocenters. The van der Waals surface area contributed by atoms with Crippen LogP contribution in [0.3, 0.4) is 0 Å². The van der Waals surface area contributed by atoms with Gasteiger partial charge in [0.2, 0.25) is 0 Å². The number of hydrogen-bond donors (Lipinski definition) is 0. The number of unbranched alkanes of at least 4 members (excludes halogenated alkanes) is 64. The molecule has 0 amide bonds. The molecule has 606 valence electrons. The van der Waals surface area contributed by atoms with Crippen LogP contribution in [-0.2, 0) is 33.3 Å². The van der Waals surface area contributed by atoms with E-state index in [2.05, 4.69) is 62.5 Å². The SMILES string of the molecule is CCCCCCC/C=C\C/C=C\CCCCCCCCCCCCCCCCCCCCCCCCCCCCCC(=O)OCC(COC(OCC[N+](C)(C)C)C(=O)[O-])OC(=O)CCCCCCCCCCCCCCCCCCCCCCCCCCCCC/C=C\C/C=C\CCCCCCC. The summed E-state index contributed by atoms with van der Waals surface area (Å²) in [6.07, 6.45) is 110. The highest BCUT2D eigenvalue weighted by atomic mass is 16.7. The molecular weight excluding hydrogens is 1270 g/mol. The number of esters is 2. The number of allylic oxidation sites excluding steroid dienone is 8. The van der Waals surface area contributed by atoms with Crippen LogP contribution in [0.5, 0.6) is 0 Å². The highest BCUT2D eigenvalue weighted by molar-refractivity contribution is 5.70. The van der Waals surface area contributed by atoms with Crippen LogP contribution < -0.4 is 5.11 Å². The maximum absolute atomic E-state index is 13.0. The molecule has 9 nitrogen and oxygen atoms in total. The minimum absolute atomic E-state index is 0.151. The summed E-state index contributed by atoms with van der Waals surface area (Å²) in [4.78, 5) is 37.7. The third-order valence-electron chi connectivity index (χ3n) is 21.0. The zero-order chi connectivity index (χ0) is 74.6. The number of nitrogens with zero attached hydrogens (tertiary/aromatic N) is 1. The molecule has 103 heavy (non-hydrogen) atoms. The van der Waals surface area contributed by atoms with E-state index >= 15 is 0 Å². The second-order valence-electron chi connectivity index (χ2n) is 32.6. The van der Waals surface area contributed by atoms with E-state index in [1.807, 2.05) is 21.1 Å². The average molecular weight is 1450 g/mol. The minimum atomic E-state index is -1.62. The Hall–Kier alpha value is -2.75. The monoisotopic (exact) mass is 1450 g/mol. The van der Waals surface area contributed by atoms with Crippen LogP contribution in [0.15, 0.2) is 48.6 Å². The molecule has 0 radical (unpaired) electrons. The van der Waals surface area contributed by atoms with Gasteiger partial charge in [-0.25, -0.2) is 0 Å². The Labute approximate surface area is 642 Å². The summed E-state index contributed by atoms with van der Waals surface area (Å²) in [6.45, 7) is 4.81. The van der Waals surface area contributed by atoms with Gasteiger partial charge in [-0.05, 0) is 77.0 Å². The normalized spacial score (nSPS) is 12.7. The van der Waals surface area contributed by atoms with Crippen molar-refractivity contribution >= 4 is 17.9 Å². The molecule has 0 aromatic heterocycles. The Morgan fingerprint density at radius 2 is 0.524 bits per heavy atom. The van der Waals surface area contributed by atoms with E-state index in [0.29, 0.717) is 17.4 Å². The van der Waals surface area contributed by atoms with Crippen LogP contribution in [-0.4, -0.2) is 82.3 Å². The number of carboxylic acids is 1. The van der Waals surface area contributed by atoms with Crippen LogP contribution in [0.1, 0.15) is 476 Å². The van der Waals surface area contributed by atoms with Crippen molar-refractivity contribution in [2.45, 2.75) is 489 Å². The van der Waals surface area contributed by atoms with Crippen molar-refractivity contribution in [2.75, 3.05) is 47.5 Å². The van der Waals surface area contributed by atoms with Crippen molar-refractivity contribution < 1.29 is 42.9 Å². The number of ether oxygens (including phenoxy) is 4. The number of likely N-dealkylation sites (N-methyl/N-ethyl adjacent to an activating group) is 1. The standard InChI is InChI=1S/C94H177NO8/c1-6-8-10-12-14-16-18-20-22-24-26-28-30-32-34-36-38-40-42-44-46-48-50-52-54-56-58-60-62-64-66-68-70-72-74-76-78-80-82-84-91(96)101-88-90(89-102-94(93(98)99)100-87-86-95(3,4)5)103-92(97)85-83-81-79-77-75-73-71-69-67-65-63-61-59-57-55-53-51-49-47-45-43-41-39-37-35-33-31-29-27-25-23-21-19-17-15-13-11-9-7-2/h18-21,24-27,90,94H,6-17,22-23,28-89H2,1-5H3/b20-18-,21-19-,26-24-,27-25-.